The van der Waals surface area contributed by atoms with E-state index in [0.717, 1.165) is 11.3 Å². The van der Waals surface area contributed by atoms with Crippen molar-refractivity contribution in [2.45, 2.75) is 24.2 Å². The molecule has 0 N–H and O–H groups in total. The summed E-state index contributed by atoms with van der Waals surface area (Å²) >= 11 is 1.33. The van der Waals surface area contributed by atoms with Crippen LogP contribution in [0, 0.1) is 0 Å². The van der Waals surface area contributed by atoms with Crippen molar-refractivity contribution in [3.63, 3.8) is 0 Å². The SMILES string of the molecule is COc1ccc(Cn2nnnc2SCC(=O)N2CCN(C3CCS(=O)(=O)C3)CC2)cc1. The van der Waals surface area contributed by atoms with Gasteiger partial charge in [0.15, 0.2) is 9.84 Å². The summed E-state index contributed by atoms with van der Waals surface area (Å²) < 4.78 is 30.3. The van der Waals surface area contributed by atoms with Gasteiger partial charge in [-0.15, -0.1) is 5.10 Å². The maximum absolute atomic E-state index is 12.7. The maximum Gasteiger partial charge on any atom is 0.233 e. The summed E-state index contributed by atoms with van der Waals surface area (Å²) in [5, 5.41) is 12.4. The molecule has 0 saturated carbocycles. The van der Waals surface area contributed by atoms with Crippen LogP contribution in [0.2, 0.25) is 0 Å². The lowest BCUT2D eigenvalue weighted by molar-refractivity contribution is -0.130. The van der Waals surface area contributed by atoms with Crippen LogP contribution in [-0.4, -0.2) is 101 Å². The number of rotatable bonds is 7. The van der Waals surface area contributed by atoms with Crippen LogP contribution in [0.5, 0.6) is 5.75 Å². The highest BCUT2D eigenvalue weighted by atomic mass is 32.2. The van der Waals surface area contributed by atoms with Gasteiger partial charge in [-0.1, -0.05) is 23.9 Å². The number of aromatic nitrogens is 4. The average Bonchev–Trinajstić information content (AvgIpc) is 3.38. The van der Waals surface area contributed by atoms with E-state index in [-0.39, 0.29) is 29.2 Å². The number of hydrogen-bond donors (Lipinski definition) is 0. The quantitative estimate of drug-likeness (QED) is 0.527. The third kappa shape index (κ3) is 5.55. The van der Waals surface area contributed by atoms with Crippen molar-refractivity contribution < 1.29 is 17.9 Å². The Morgan fingerprint density at radius 3 is 2.58 bits per heavy atom. The van der Waals surface area contributed by atoms with Crippen LogP contribution in [0.15, 0.2) is 29.4 Å². The van der Waals surface area contributed by atoms with Gasteiger partial charge in [-0.3, -0.25) is 9.69 Å². The highest BCUT2D eigenvalue weighted by molar-refractivity contribution is 7.99. The Labute approximate surface area is 185 Å². The van der Waals surface area contributed by atoms with Crippen LogP contribution in [0.25, 0.3) is 0 Å². The third-order valence-corrected chi connectivity index (χ3v) is 8.40. The van der Waals surface area contributed by atoms with Gasteiger partial charge >= 0.3 is 0 Å². The number of tetrazole rings is 1. The summed E-state index contributed by atoms with van der Waals surface area (Å²) in [5.41, 5.74) is 1.03. The van der Waals surface area contributed by atoms with E-state index in [4.69, 9.17) is 4.74 Å². The van der Waals surface area contributed by atoms with E-state index in [1.54, 1.807) is 11.8 Å². The van der Waals surface area contributed by atoms with Crippen molar-refractivity contribution in [3.8, 4) is 5.75 Å². The number of nitrogens with zero attached hydrogens (tertiary/aromatic N) is 6. The number of thioether (sulfide) groups is 1. The zero-order valence-corrected chi connectivity index (χ0v) is 19.0. The number of sulfone groups is 1. The second-order valence-corrected chi connectivity index (χ2v) is 10.9. The number of piperazine rings is 1. The first-order chi connectivity index (χ1) is 14.9. The Morgan fingerprint density at radius 2 is 1.94 bits per heavy atom. The van der Waals surface area contributed by atoms with Crippen molar-refractivity contribution in [3.05, 3.63) is 29.8 Å². The van der Waals surface area contributed by atoms with Gasteiger partial charge in [0.05, 0.1) is 30.9 Å². The fourth-order valence-corrected chi connectivity index (χ4v) is 6.46. The highest BCUT2D eigenvalue weighted by Crippen LogP contribution is 2.21. The van der Waals surface area contributed by atoms with Crippen LogP contribution < -0.4 is 4.74 Å². The van der Waals surface area contributed by atoms with E-state index in [1.165, 1.54) is 11.8 Å². The predicted octanol–water partition coefficient (Wildman–Crippen LogP) is 0.153. The molecule has 168 valence electrons. The molecule has 1 unspecified atom stereocenters. The molecule has 1 aromatic carbocycles. The Kier molecular flexibility index (Phi) is 6.77. The van der Waals surface area contributed by atoms with Crippen LogP contribution in [0.1, 0.15) is 12.0 Å². The molecule has 0 bridgehead atoms. The summed E-state index contributed by atoms with van der Waals surface area (Å²) in [6, 6.07) is 7.77. The van der Waals surface area contributed by atoms with Crippen molar-refractivity contribution in [1.82, 2.24) is 30.0 Å². The molecule has 2 aliphatic rings. The van der Waals surface area contributed by atoms with Crippen molar-refractivity contribution in [2.24, 2.45) is 0 Å². The lowest BCUT2D eigenvalue weighted by Gasteiger charge is -2.37. The number of carbonyl (C=O) groups is 1. The molecule has 3 heterocycles. The number of benzene rings is 1. The lowest BCUT2D eigenvalue weighted by Crippen LogP contribution is -2.52. The number of carbonyl (C=O) groups excluding carboxylic acids is 1. The molecule has 2 fully saturated rings. The molecule has 31 heavy (non-hydrogen) atoms. The fraction of sp³-hybridized carbons (Fsp3) is 0.579. The number of amides is 1. The first kappa shape index (κ1) is 22.0. The second kappa shape index (κ2) is 9.53. The minimum Gasteiger partial charge on any atom is -0.497 e. The summed E-state index contributed by atoms with van der Waals surface area (Å²) in [5.74, 6) is 1.62. The zero-order chi connectivity index (χ0) is 21.8. The molecule has 2 saturated heterocycles. The number of hydrogen-bond acceptors (Lipinski definition) is 9. The molecule has 0 radical (unpaired) electrons. The molecular weight excluding hydrogens is 440 g/mol. The minimum absolute atomic E-state index is 0.0442. The first-order valence-corrected chi connectivity index (χ1v) is 13.0. The zero-order valence-electron chi connectivity index (χ0n) is 17.4. The fourth-order valence-electron chi connectivity index (χ4n) is 3.92. The van der Waals surface area contributed by atoms with E-state index in [2.05, 4.69) is 20.4 Å². The van der Waals surface area contributed by atoms with Gasteiger partial charge in [0.1, 0.15) is 5.75 Å². The van der Waals surface area contributed by atoms with Gasteiger partial charge in [-0.05, 0) is 34.5 Å². The van der Waals surface area contributed by atoms with Crippen LogP contribution >= 0.6 is 11.8 Å². The highest BCUT2D eigenvalue weighted by Gasteiger charge is 2.34. The molecule has 4 rings (SSSR count). The van der Waals surface area contributed by atoms with E-state index in [9.17, 15) is 13.2 Å². The summed E-state index contributed by atoms with van der Waals surface area (Å²) in [6.45, 7) is 3.17. The largest absolute Gasteiger partial charge is 0.497 e. The molecular formula is C19H26N6O4S2. The molecule has 10 nitrogen and oxygen atoms in total. The number of ether oxygens (including phenoxy) is 1. The molecule has 2 aromatic rings. The molecule has 1 aromatic heterocycles. The molecule has 1 atom stereocenters. The normalized spacial score (nSPS) is 21.3. The van der Waals surface area contributed by atoms with Gasteiger partial charge < -0.3 is 9.64 Å². The topological polar surface area (TPSA) is 111 Å². The summed E-state index contributed by atoms with van der Waals surface area (Å²) in [4.78, 5) is 16.7. The molecule has 0 spiro atoms. The lowest BCUT2D eigenvalue weighted by atomic mass is 10.2. The Bertz CT molecular complexity index is 1000. The summed E-state index contributed by atoms with van der Waals surface area (Å²) in [7, 11) is -1.27. The standard InChI is InChI=1S/C19H26N6O4S2/c1-29-17-4-2-15(3-5-17)12-25-19(20-21-22-25)30-13-18(26)24-9-7-23(8-10-24)16-6-11-31(27,28)14-16/h2-5,16H,6-14H2,1H3. The van der Waals surface area contributed by atoms with Gasteiger partial charge in [0.25, 0.3) is 0 Å². The van der Waals surface area contributed by atoms with E-state index in [1.807, 2.05) is 29.2 Å². The Balaban J connectivity index is 1.25. The van der Waals surface area contributed by atoms with Crippen molar-refractivity contribution >= 4 is 27.5 Å². The van der Waals surface area contributed by atoms with Crippen molar-refractivity contribution in [2.75, 3.05) is 50.5 Å². The maximum atomic E-state index is 12.7. The second-order valence-electron chi connectivity index (χ2n) is 7.73. The van der Waals surface area contributed by atoms with E-state index >= 15 is 0 Å². The monoisotopic (exact) mass is 466 g/mol. The van der Waals surface area contributed by atoms with Crippen molar-refractivity contribution in [1.29, 1.82) is 0 Å². The van der Waals surface area contributed by atoms with Crippen LogP contribution in [0.4, 0.5) is 0 Å². The van der Waals surface area contributed by atoms with Gasteiger partial charge in [-0.2, -0.15) is 0 Å². The van der Waals surface area contributed by atoms with Gasteiger partial charge in [0, 0.05) is 32.2 Å². The minimum atomic E-state index is -2.89. The predicted molar refractivity (Wildman–Crippen MR) is 116 cm³/mol. The Morgan fingerprint density at radius 1 is 1.19 bits per heavy atom. The average molecular weight is 467 g/mol. The first-order valence-electron chi connectivity index (χ1n) is 10.2. The third-order valence-electron chi connectivity index (χ3n) is 5.71. The van der Waals surface area contributed by atoms with Gasteiger partial charge in [-0.25, -0.2) is 13.1 Å². The summed E-state index contributed by atoms with van der Waals surface area (Å²) in [6.07, 6.45) is 0.697. The molecule has 2 aliphatic heterocycles. The number of methoxy groups -OCH3 is 1. The Hall–Kier alpha value is -2.18. The van der Waals surface area contributed by atoms with Crippen LogP contribution in [-0.2, 0) is 21.2 Å². The van der Waals surface area contributed by atoms with Crippen LogP contribution in [0.3, 0.4) is 0 Å². The van der Waals surface area contributed by atoms with E-state index < -0.39 is 9.84 Å². The molecule has 12 heteroatoms. The van der Waals surface area contributed by atoms with E-state index in [0.29, 0.717) is 44.3 Å². The molecule has 1 amide bonds. The smallest absolute Gasteiger partial charge is 0.233 e. The van der Waals surface area contributed by atoms with Gasteiger partial charge in [0.2, 0.25) is 11.1 Å². The molecule has 0 aliphatic carbocycles.